The highest BCUT2D eigenvalue weighted by Crippen LogP contribution is 2.24. The van der Waals surface area contributed by atoms with Gasteiger partial charge in [0, 0.05) is 17.8 Å². The van der Waals surface area contributed by atoms with Gasteiger partial charge in [-0.3, -0.25) is 4.79 Å². The van der Waals surface area contributed by atoms with Crippen LogP contribution in [0.1, 0.15) is 34.6 Å². The van der Waals surface area contributed by atoms with Gasteiger partial charge in [-0.1, -0.05) is 27.7 Å². The van der Waals surface area contributed by atoms with Gasteiger partial charge in [0.05, 0.1) is 10.9 Å². The Morgan fingerprint density at radius 2 is 1.69 bits per heavy atom. The van der Waals surface area contributed by atoms with Gasteiger partial charge in [0.25, 0.3) is 0 Å². The summed E-state index contributed by atoms with van der Waals surface area (Å²) < 4.78 is 29.0. The van der Waals surface area contributed by atoms with E-state index in [0.717, 1.165) is 10.1 Å². The highest BCUT2D eigenvalue weighted by Gasteiger charge is 2.26. The molecule has 2 aromatic rings. The highest BCUT2D eigenvalue weighted by molar-refractivity contribution is 7.89. The van der Waals surface area contributed by atoms with E-state index in [1.54, 1.807) is 41.4 Å². The molecule has 5 nitrogen and oxygen atoms in total. The molecule has 7 heteroatoms. The predicted molar refractivity (Wildman–Crippen MR) is 108 cm³/mol. The van der Waals surface area contributed by atoms with Crippen LogP contribution < -0.4 is 4.72 Å². The molecule has 1 amide bonds. The monoisotopic (exact) mass is 396 g/mol. The standard InChI is InChI=1S/C19H28N2O3S2/c1-13(2)11-21(12-14(3)4)19(22)15(5)20-26(23,24)17-6-7-18-16(10-17)8-9-25-18/h6-10,13-15,20H,11-12H2,1-5H3/t15-/m0/s1. The number of nitrogens with one attached hydrogen (secondary N) is 1. The molecule has 0 fully saturated rings. The molecule has 1 aromatic carbocycles. The Morgan fingerprint density at radius 1 is 1.08 bits per heavy atom. The summed E-state index contributed by atoms with van der Waals surface area (Å²) in [5.41, 5.74) is 0. The number of fused-ring (bicyclic) bond motifs is 1. The third kappa shape index (κ3) is 5.28. The van der Waals surface area contributed by atoms with Crippen LogP contribution in [0, 0.1) is 11.8 Å². The molecule has 1 aromatic heterocycles. The highest BCUT2D eigenvalue weighted by atomic mass is 32.2. The lowest BCUT2D eigenvalue weighted by molar-refractivity contribution is -0.133. The Kier molecular flexibility index (Phi) is 6.82. The maximum atomic E-state index is 12.8. The van der Waals surface area contributed by atoms with Gasteiger partial charge in [0.1, 0.15) is 0 Å². The zero-order valence-corrected chi connectivity index (χ0v) is 17.7. The number of hydrogen-bond donors (Lipinski definition) is 1. The van der Waals surface area contributed by atoms with Crippen molar-refractivity contribution in [2.45, 2.75) is 45.6 Å². The lowest BCUT2D eigenvalue weighted by atomic mass is 10.1. The molecule has 26 heavy (non-hydrogen) atoms. The molecule has 0 bridgehead atoms. The molecular weight excluding hydrogens is 368 g/mol. The van der Waals surface area contributed by atoms with Crippen molar-refractivity contribution in [3.63, 3.8) is 0 Å². The van der Waals surface area contributed by atoms with Gasteiger partial charge in [0.15, 0.2) is 0 Å². The number of nitrogens with zero attached hydrogens (tertiary/aromatic N) is 1. The Morgan fingerprint density at radius 3 is 2.27 bits per heavy atom. The van der Waals surface area contributed by atoms with Crippen LogP contribution in [0.4, 0.5) is 0 Å². The molecule has 0 saturated carbocycles. The quantitative estimate of drug-likeness (QED) is 0.740. The van der Waals surface area contributed by atoms with Crippen molar-refractivity contribution in [3.05, 3.63) is 29.6 Å². The number of carbonyl (C=O) groups is 1. The second-order valence-electron chi connectivity index (χ2n) is 7.49. The summed E-state index contributed by atoms with van der Waals surface area (Å²) in [5.74, 6) is 0.456. The second kappa shape index (κ2) is 8.50. The van der Waals surface area contributed by atoms with E-state index in [1.807, 2.05) is 39.1 Å². The van der Waals surface area contributed by atoms with E-state index in [0.29, 0.717) is 24.9 Å². The fraction of sp³-hybridized carbons (Fsp3) is 0.526. The Hall–Kier alpha value is -1.44. The second-order valence-corrected chi connectivity index (χ2v) is 10.2. The molecule has 0 aliphatic rings. The normalized spacial score (nSPS) is 13.5. The summed E-state index contributed by atoms with van der Waals surface area (Å²) in [7, 11) is -3.76. The maximum absolute atomic E-state index is 12.8. The lowest BCUT2D eigenvalue weighted by Gasteiger charge is -2.29. The molecule has 0 spiro atoms. The largest absolute Gasteiger partial charge is 0.341 e. The first-order chi connectivity index (χ1) is 12.1. The molecule has 0 saturated heterocycles. The number of benzene rings is 1. The molecule has 2 rings (SSSR count). The number of rotatable bonds is 8. The minimum absolute atomic E-state index is 0.183. The third-order valence-corrected chi connectivity index (χ3v) is 6.36. The molecule has 0 radical (unpaired) electrons. The van der Waals surface area contributed by atoms with E-state index in [-0.39, 0.29) is 10.8 Å². The topological polar surface area (TPSA) is 66.5 Å². The molecule has 0 aliphatic heterocycles. The third-order valence-electron chi connectivity index (χ3n) is 3.92. The number of hydrogen-bond acceptors (Lipinski definition) is 4. The number of amides is 1. The van der Waals surface area contributed by atoms with Crippen LogP contribution in [-0.4, -0.2) is 38.4 Å². The predicted octanol–water partition coefficient (Wildman–Crippen LogP) is 3.71. The molecule has 144 valence electrons. The summed E-state index contributed by atoms with van der Waals surface area (Å²) in [4.78, 5) is 14.7. The van der Waals surface area contributed by atoms with Crippen LogP contribution >= 0.6 is 11.3 Å². The fourth-order valence-corrected chi connectivity index (χ4v) is 4.88. The summed E-state index contributed by atoms with van der Waals surface area (Å²) in [5, 5.41) is 2.81. The van der Waals surface area contributed by atoms with Gasteiger partial charge < -0.3 is 4.90 Å². The van der Waals surface area contributed by atoms with Gasteiger partial charge in [-0.15, -0.1) is 11.3 Å². The zero-order chi connectivity index (χ0) is 19.5. The molecule has 0 unspecified atom stereocenters. The van der Waals surface area contributed by atoms with Crippen molar-refractivity contribution >= 4 is 37.4 Å². The smallest absolute Gasteiger partial charge is 0.241 e. The lowest BCUT2D eigenvalue weighted by Crippen LogP contribution is -2.48. The summed E-state index contributed by atoms with van der Waals surface area (Å²) in [6, 6.07) is 6.10. The summed E-state index contributed by atoms with van der Waals surface area (Å²) in [6.07, 6.45) is 0. The van der Waals surface area contributed by atoms with E-state index in [4.69, 9.17) is 0 Å². The first-order valence-electron chi connectivity index (χ1n) is 8.88. The van der Waals surface area contributed by atoms with E-state index < -0.39 is 16.1 Å². The van der Waals surface area contributed by atoms with E-state index >= 15 is 0 Å². The van der Waals surface area contributed by atoms with Crippen LogP contribution in [0.2, 0.25) is 0 Å². The van der Waals surface area contributed by atoms with Crippen molar-refractivity contribution in [2.75, 3.05) is 13.1 Å². The van der Waals surface area contributed by atoms with Crippen LogP contribution in [0.3, 0.4) is 0 Å². The van der Waals surface area contributed by atoms with Gasteiger partial charge in [-0.2, -0.15) is 4.72 Å². The minimum atomic E-state index is -3.76. The number of carbonyl (C=O) groups excluding carboxylic acids is 1. The zero-order valence-electron chi connectivity index (χ0n) is 16.0. The molecule has 0 aliphatic carbocycles. The van der Waals surface area contributed by atoms with Crippen molar-refractivity contribution in [1.29, 1.82) is 0 Å². The van der Waals surface area contributed by atoms with E-state index in [2.05, 4.69) is 4.72 Å². The van der Waals surface area contributed by atoms with Crippen molar-refractivity contribution in [2.24, 2.45) is 11.8 Å². The van der Waals surface area contributed by atoms with Crippen molar-refractivity contribution in [3.8, 4) is 0 Å². The van der Waals surface area contributed by atoms with Gasteiger partial charge in [-0.05, 0) is 53.8 Å². The maximum Gasteiger partial charge on any atom is 0.241 e. The van der Waals surface area contributed by atoms with Crippen molar-refractivity contribution in [1.82, 2.24) is 9.62 Å². The van der Waals surface area contributed by atoms with Gasteiger partial charge in [0.2, 0.25) is 15.9 Å². The number of thiophene rings is 1. The number of sulfonamides is 1. The SMILES string of the molecule is CC(C)CN(CC(C)C)C(=O)[C@H](C)NS(=O)(=O)c1ccc2sccc2c1. The van der Waals surface area contributed by atoms with Gasteiger partial charge in [-0.25, -0.2) is 8.42 Å². The van der Waals surface area contributed by atoms with Crippen LogP contribution in [-0.2, 0) is 14.8 Å². The fourth-order valence-electron chi connectivity index (χ4n) is 2.87. The first kappa shape index (κ1) is 20.9. The van der Waals surface area contributed by atoms with Crippen molar-refractivity contribution < 1.29 is 13.2 Å². The average molecular weight is 397 g/mol. The first-order valence-corrected chi connectivity index (χ1v) is 11.2. The van der Waals surface area contributed by atoms with Crippen LogP contribution in [0.15, 0.2) is 34.5 Å². The van der Waals surface area contributed by atoms with Gasteiger partial charge >= 0.3 is 0 Å². The minimum Gasteiger partial charge on any atom is -0.341 e. The summed E-state index contributed by atoms with van der Waals surface area (Å²) in [6.45, 7) is 11.0. The Labute approximate surface area is 160 Å². The van der Waals surface area contributed by atoms with E-state index in [1.165, 1.54) is 0 Å². The molecule has 1 N–H and O–H groups in total. The molecule has 1 atom stereocenters. The van der Waals surface area contributed by atoms with Crippen LogP contribution in [0.25, 0.3) is 10.1 Å². The summed E-state index contributed by atoms with van der Waals surface area (Å²) >= 11 is 1.56. The molecular formula is C19H28N2O3S2. The average Bonchev–Trinajstić information content (AvgIpc) is 2.99. The molecule has 1 heterocycles. The Balaban J connectivity index is 2.16. The van der Waals surface area contributed by atoms with E-state index in [9.17, 15) is 13.2 Å². The Bertz CT molecular complexity index is 847. The van der Waals surface area contributed by atoms with Crippen LogP contribution in [0.5, 0.6) is 0 Å².